The van der Waals surface area contributed by atoms with Gasteiger partial charge in [-0.2, -0.15) is 0 Å². The Morgan fingerprint density at radius 2 is 2.00 bits per heavy atom. The first-order valence-corrected chi connectivity index (χ1v) is 8.35. The third kappa shape index (κ3) is 3.41. The van der Waals surface area contributed by atoms with E-state index in [0.29, 0.717) is 17.1 Å². The van der Waals surface area contributed by atoms with Crippen LogP contribution in [0.1, 0.15) is 15.9 Å². The standard InChI is InChI=1S/C17H14BrClN2O2/c18-12-5-6-14(19)13(9-12)17(23)20-10-16(22)21-8-7-11-3-1-2-4-15(11)21/h1-6,9H,7-8,10H2,(H,20,23). The number of carbonyl (C=O) groups is 2. The van der Waals surface area contributed by atoms with Crippen LogP contribution in [0, 0.1) is 0 Å². The highest BCUT2D eigenvalue weighted by Crippen LogP contribution is 2.27. The van der Waals surface area contributed by atoms with Gasteiger partial charge in [0, 0.05) is 16.7 Å². The van der Waals surface area contributed by atoms with E-state index in [1.54, 1.807) is 23.1 Å². The first kappa shape index (κ1) is 16.0. The first-order chi connectivity index (χ1) is 11.1. The Balaban J connectivity index is 1.66. The van der Waals surface area contributed by atoms with Crippen LogP contribution in [0.2, 0.25) is 5.02 Å². The molecule has 1 N–H and O–H groups in total. The topological polar surface area (TPSA) is 49.4 Å². The maximum absolute atomic E-state index is 12.4. The Morgan fingerprint density at radius 3 is 2.83 bits per heavy atom. The summed E-state index contributed by atoms with van der Waals surface area (Å²) < 4.78 is 0.756. The van der Waals surface area contributed by atoms with Crippen LogP contribution in [0.5, 0.6) is 0 Å². The maximum Gasteiger partial charge on any atom is 0.253 e. The molecule has 0 radical (unpaired) electrons. The minimum absolute atomic E-state index is 0.0595. The van der Waals surface area contributed by atoms with Crippen molar-refractivity contribution in [2.45, 2.75) is 6.42 Å². The van der Waals surface area contributed by atoms with Gasteiger partial charge >= 0.3 is 0 Å². The number of benzene rings is 2. The van der Waals surface area contributed by atoms with Crippen molar-refractivity contribution in [2.75, 3.05) is 18.0 Å². The monoisotopic (exact) mass is 392 g/mol. The fourth-order valence-electron chi connectivity index (χ4n) is 2.62. The molecule has 2 amide bonds. The molecule has 23 heavy (non-hydrogen) atoms. The van der Waals surface area contributed by atoms with Crippen molar-refractivity contribution in [3.8, 4) is 0 Å². The number of para-hydroxylation sites is 1. The molecule has 6 heteroatoms. The number of halogens is 2. The number of rotatable bonds is 3. The zero-order valence-corrected chi connectivity index (χ0v) is 14.5. The Morgan fingerprint density at radius 1 is 1.22 bits per heavy atom. The highest BCUT2D eigenvalue weighted by molar-refractivity contribution is 9.10. The molecule has 0 aromatic heterocycles. The molecule has 4 nitrogen and oxygen atoms in total. The molecule has 0 fully saturated rings. The zero-order valence-electron chi connectivity index (χ0n) is 12.2. The van der Waals surface area contributed by atoms with Gasteiger partial charge < -0.3 is 10.2 Å². The molecule has 0 spiro atoms. The largest absolute Gasteiger partial charge is 0.343 e. The molecule has 3 rings (SSSR count). The number of nitrogens with zero attached hydrogens (tertiary/aromatic N) is 1. The normalized spacial score (nSPS) is 12.9. The minimum atomic E-state index is -0.364. The van der Waals surface area contributed by atoms with E-state index in [0.717, 1.165) is 22.1 Å². The molecule has 0 saturated carbocycles. The molecule has 0 saturated heterocycles. The van der Waals surface area contributed by atoms with Crippen LogP contribution in [0.3, 0.4) is 0 Å². The van der Waals surface area contributed by atoms with E-state index in [1.165, 1.54) is 0 Å². The third-order valence-electron chi connectivity index (χ3n) is 3.76. The molecule has 2 aromatic carbocycles. The van der Waals surface area contributed by atoms with Gasteiger partial charge in [0.2, 0.25) is 5.91 Å². The highest BCUT2D eigenvalue weighted by atomic mass is 79.9. The second-order valence-corrected chi connectivity index (χ2v) is 6.55. The third-order valence-corrected chi connectivity index (χ3v) is 4.58. The van der Waals surface area contributed by atoms with Gasteiger partial charge in [0.25, 0.3) is 5.91 Å². The predicted octanol–water partition coefficient (Wildman–Crippen LogP) is 3.42. The van der Waals surface area contributed by atoms with Crippen molar-refractivity contribution in [3.63, 3.8) is 0 Å². The molecule has 0 bridgehead atoms. The van der Waals surface area contributed by atoms with Crippen LogP contribution in [0.25, 0.3) is 0 Å². The summed E-state index contributed by atoms with van der Waals surface area (Å²) in [5.41, 5.74) is 2.42. The van der Waals surface area contributed by atoms with Crippen LogP contribution in [0.15, 0.2) is 46.9 Å². The maximum atomic E-state index is 12.4. The number of hydrogen-bond acceptors (Lipinski definition) is 2. The quantitative estimate of drug-likeness (QED) is 0.868. The smallest absolute Gasteiger partial charge is 0.253 e. The van der Waals surface area contributed by atoms with Crippen molar-refractivity contribution in [3.05, 3.63) is 63.1 Å². The van der Waals surface area contributed by atoms with E-state index in [4.69, 9.17) is 11.6 Å². The fourth-order valence-corrected chi connectivity index (χ4v) is 3.18. The molecule has 1 aliphatic rings. The minimum Gasteiger partial charge on any atom is -0.343 e. The summed E-state index contributed by atoms with van der Waals surface area (Å²) in [6.07, 6.45) is 0.841. The van der Waals surface area contributed by atoms with E-state index in [-0.39, 0.29) is 18.4 Å². The van der Waals surface area contributed by atoms with Crippen molar-refractivity contribution in [2.24, 2.45) is 0 Å². The van der Waals surface area contributed by atoms with E-state index >= 15 is 0 Å². The van der Waals surface area contributed by atoms with E-state index in [9.17, 15) is 9.59 Å². The predicted molar refractivity (Wildman–Crippen MR) is 94.0 cm³/mol. The Labute approximate surface area is 147 Å². The number of carbonyl (C=O) groups excluding carboxylic acids is 2. The zero-order chi connectivity index (χ0) is 16.4. The molecule has 118 valence electrons. The molecule has 0 atom stereocenters. The SMILES string of the molecule is O=C(NCC(=O)N1CCc2ccccc21)c1cc(Br)ccc1Cl. The van der Waals surface area contributed by atoms with Gasteiger partial charge in [-0.3, -0.25) is 9.59 Å². The van der Waals surface area contributed by atoms with Gasteiger partial charge in [0.1, 0.15) is 0 Å². The molecule has 0 aliphatic carbocycles. The van der Waals surface area contributed by atoms with E-state index in [2.05, 4.69) is 21.2 Å². The summed E-state index contributed by atoms with van der Waals surface area (Å²) in [5, 5.41) is 2.99. The van der Waals surface area contributed by atoms with Gasteiger partial charge in [0.05, 0.1) is 17.1 Å². The van der Waals surface area contributed by atoms with E-state index < -0.39 is 0 Å². The summed E-state index contributed by atoms with van der Waals surface area (Å²) >= 11 is 9.33. The lowest BCUT2D eigenvalue weighted by Gasteiger charge is -2.17. The molecule has 1 aliphatic heterocycles. The summed E-state index contributed by atoms with van der Waals surface area (Å²) in [5.74, 6) is -0.494. The lowest BCUT2D eigenvalue weighted by atomic mass is 10.2. The average Bonchev–Trinajstić information content (AvgIpc) is 2.98. The summed E-state index contributed by atoms with van der Waals surface area (Å²) in [7, 11) is 0. The highest BCUT2D eigenvalue weighted by Gasteiger charge is 2.24. The van der Waals surface area contributed by atoms with Crippen LogP contribution in [-0.4, -0.2) is 24.9 Å². The van der Waals surface area contributed by atoms with E-state index in [1.807, 2.05) is 24.3 Å². The van der Waals surface area contributed by atoms with Crippen molar-refractivity contribution >= 4 is 45.0 Å². The van der Waals surface area contributed by atoms with Gasteiger partial charge in [-0.25, -0.2) is 0 Å². The Bertz CT molecular complexity index is 779. The van der Waals surface area contributed by atoms with Crippen LogP contribution in [0.4, 0.5) is 5.69 Å². The summed E-state index contributed by atoms with van der Waals surface area (Å²) in [4.78, 5) is 26.3. The molecule has 2 aromatic rings. The Hall–Kier alpha value is -1.85. The Kier molecular flexibility index (Phi) is 4.68. The molecule has 1 heterocycles. The van der Waals surface area contributed by atoms with Crippen LogP contribution < -0.4 is 10.2 Å². The van der Waals surface area contributed by atoms with Gasteiger partial charge in [0.15, 0.2) is 0 Å². The van der Waals surface area contributed by atoms with Gasteiger partial charge in [-0.15, -0.1) is 0 Å². The average molecular weight is 394 g/mol. The number of nitrogens with one attached hydrogen (secondary N) is 1. The van der Waals surface area contributed by atoms with Crippen LogP contribution in [-0.2, 0) is 11.2 Å². The fraction of sp³-hybridized carbons (Fsp3) is 0.176. The van der Waals surface area contributed by atoms with Crippen molar-refractivity contribution in [1.82, 2.24) is 5.32 Å². The van der Waals surface area contributed by atoms with Crippen molar-refractivity contribution in [1.29, 1.82) is 0 Å². The number of amides is 2. The van der Waals surface area contributed by atoms with Gasteiger partial charge in [-0.1, -0.05) is 45.7 Å². The molecular formula is C17H14BrClN2O2. The lowest BCUT2D eigenvalue weighted by molar-refractivity contribution is -0.117. The molecular weight excluding hydrogens is 380 g/mol. The van der Waals surface area contributed by atoms with Crippen LogP contribution >= 0.6 is 27.5 Å². The number of fused-ring (bicyclic) bond motifs is 1. The second kappa shape index (κ2) is 6.72. The second-order valence-electron chi connectivity index (χ2n) is 5.23. The number of anilines is 1. The summed E-state index contributed by atoms with van der Waals surface area (Å²) in [6.45, 7) is 0.585. The van der Waals surface area contributed by atoms with Crippen molar-refractivity contribution < 1.29 is 9.59 Å². The van der Waals surface area contributed by atoms with Gasteiger partial charge in [-0.05, 0) is 36.2 Å². The first-order valence-electron chi connectivity index (χ1n) is 7.18. The summed E-state index contributed by atoms with van der Waals surface area (Å²) in [6, 6.07) is 12.8. The molecule has 0 unspecified atom stereocenters. The number of hydrogen-bond donors (Lipinski definition) is 1. The lowest BCUT2D eigenvalue weighted by Crippen LogP contribution is -2.39.